The van der Waals surface area contributed by atoms with Crippen LogP contribution in [0.5, 0.6) is 0 Å². The quantitative estimate of drug-likeness (QED) is 0.623. The highest BCUT2D eigenvalue weighted by Crippen LogP contribution is 2.24. The Morgan fingerprint density at radius 1 is 1.12 bits per heavy atom. The molecule has 0 aliphatic rings. The third kappa shape index (κ3) is 5.94. The third-order valence-corrected chi connectivity index (χ3v) is 2.67. The maximum atomic E-state index is 11.2. The first-order valence-electron chi connectivity index (χ1n) is 6.47. The highest BCUT2D eigenvalue weighted by molar-refractivity contribution is 5.87. The van der Waals surface area contributed by atoms with Gasteiger partial charge in [0.1, 0.15) is 0 Å². The van der Waals surface area contributed by atoms with Crippen LogP contribution in [0.4, 0.5) is 0 Å². The van der Waals surface area contributed by atoms with Gasteiger partial charge in [0.2, 0.25) is 0 Å². The zero-order valence-electron chi connectivity index (χ0n) is 11.2. The lowest BCUT2D eigenvalue weighted by molar-refractivity contribution is -0.132. The minimum atomic E-state index is -0.714. The second kappa shape index (κ2) is 8.37. The largest absolute Gasteiger partial charge is 0.478 e. The van der Waals surface area contributed by atoms with Gasteiger partial charge in [-0.2, -0.15) is 0 Å². The Hall–Kier alpha value is -0.790. The molecule has 0 saturated heterocycles. The second-order valence-corrected chi connectivity index (χ2v) is 4.84. The van der Waals surface area contributed by atoms with E-state index in [1.807, 2.05) is 6.92 Å². The van der Waals surface area contributed by atoms with E-state index in [2.05, 4.69) is 20.8 Å². The van der Waals surface area contributed by atoms with E-state index >= 15 is 0 Å². The minimum absolute atomic E-state index is 0.540. The van der Waals surface area contributed by atoms with Crippen LogP contribution in [0.3, 0.4) is 0 Å². The van der Waals surface area contributed by atoms with Gasteiger partial charge in [0.15, 0.2) is 0 Å². The van der Waals surface area contributed by atoms with Crippen molar-refractivity contribution in [2.24, 2.45) is 5.92 Å². The summed E-state index contributed by atoms with van der Waals surface area (Å²) in [5, 5.41) is 9.23. The first-order chi connectivity index (χ1) is 7.52. The summed E-state index contributed by atoms with van der Waals surface area (Å²) in [4.78, 5) is 11.2. The predicted octanol–water partition coefficient (Wildman–Crippen LogP) is 4.40. The van der Waals surface area contributed by atoms with Crippen LogP contribution in [-0.4, -0.2) is 11.1 Å². The summed E-state index contributed by atoms with van der Waals surface area (Å²) in [6.07, 6.45) is 5.73. The summed E-state index contributed by atoms with van der Waals surface area (Å²) in [6.45, 7) is 8.48. The van der Waals surface area contributed by atoms with E-state index in [1.54, 1.807) is 0 Å². The molecule has 0 aliphatic heterocycles. The number of carboxylic acids is 1. The summed E-state index contributed by atoms with van der Waals surface area (Å²) in [7, 11) is 0. The van der Waals surface area contributed by atoms with Gasteiger partial charge in [-0.05, 0) is 31.6 Å². The normalized spacial score (nSPS) is 12.8. The molecule has 0 aromatic heterocycles. The van der Waals surface area contributed by atoms with E-state index in [9.17, 15) is 9.90 Å². The summed E-state index contributed by atoms with van der Waals surface area (Å²) >= 11 is 0. The van der Waals surface area contributed by atoms with Crippen LogP contribution in [-0.2, 0) is 4.79 Å². The molecule has 0 rings (SSSR count). The zero-order valence-corrected chi connectivity index (χ0v) is 11.2. The van der Waals surface area contributed by atoms with Crippen molar-refractivity contribution in [2.75, 3.05) is 0 Å². The van der Waals surface area contributed by atoms with Crippen molar-refractivity contribution in [3.8, 4) is 0 Å². The van der Waals surface area contributed by atoms with Gasteiger partial charge in [-0.25, -0.2) is 4.79 Å². The van der Waals surface area contributed by atoms with Crippen LogP contribution in [0.25, 0.3) is 0 Å². The molecule has 2 nitrogen and oxygen atoms in total. The van der Waals surface area contributed by atoms with Crippen molar-refractivity contribution < 1.29 is 9.90 Å². The molecule has 16 heavy (non-hydrogen) atoms. The Bertz CT molecular complexity index is 239. The van der Waals surface area contributed by atoms with Crippen molar-refractivity contribution in [3.63, 3.8) is 0 Å². The Balaban J connectivity index is 4.85. The first kappa shape index (κ1) is 15.2. The number of carbonyl (C=O) groups is 1. The molecule has 0 saturated carbocycles. The summed E-state index contributed by atoms with van der Waals surface area (Å²) in [6, 6.07) is 0. The highest BCUT2D eigenvalue weighted by atomic mass is 16.4. The van der Waals surface area contributed by atoms with E-state index < -0.39 is 5.97 Å². The number of rotatable bonds is 8. The van der Waals surface area contributed by atoms with Crippen molar-refractivity contribution in [1.82, 2.24) is 0 Å². The minimum Gasteiger partial charge on any atom is -0.478 e. The van der Waals surface area contributed by atoms with Crippen molar-refractivity contribution >= 4 is 5.97 Å². The number of aliphatic carboxylic acids is 1. The third-order valence-electron chi connectivity index (χ3n) is 2.67. The van der Waals surface area contributed by atoms with Crippen LogP contribution in [0.1, 0.15) is 66.2 Å². The van der Waals surface area contributed by atoms with Gasteiger partial charge in [-0.3, -0.25) is 0 Å². The Kier molecular flexibility index (Phi) is 7.96. The highest BCUT2D eigenvalue weighted by Gasteiger charge is 2.14. The van der Waals surface area contributed by atoms with E-state index in [1.165, 1.54) is 5.57 Å². The number of hydrogen-bond donors (Lipinski definition) is 1. The van der Waals surface area contributed by atoms with Gasteiger partial charge < -0.3 is 5.11 Å². The molecule has 0 aromatic carbocycles. The molecule has 0 spiro atoms. The topological polar surface area (TPSA) is 37.3 Å². The van der Waals surface area contributed by atoms with Gasteiger partial charge in [-0.1, -0.05) is 46.1 Å². The molecule has 0 radical (unpaired) electrons. The molecule has 0 aliphatic carbocycles. The van der Waals surface area contributed by atoms with Crippen molar-refractivity contribution in [3.05, 3.63) is 11.1 Å². The fraction of sp³-hybridized carbons (Fsp3) is 0.786. The Morgan fingerprint density at radius 2 is 1.75 bits per heavy atom. The van der Waals surface area contributed by atoms with Gasteiger partial charge >= 0.3 is 5.97 Å². The summed E-state index contributed by atoms with van der Waals surface area (Å²) < 4.78 is 0. The van der Waals surface area contributed by atoms with E-state index in [4.69, 9.17) is 0 Å². The molecular formula is C14H26O2. The lowest BCUT2D eigenvalue weighted by atomic mass is 9.92. The van der Waals surface area contributed by atoms with Crippen molar-refractivity contribution in [2.45, 2.75) is 66.2 Å². The maximum Gasteiger partial charge on any atom is 0.331 e. The first-order valence-corrected chi connectivity index (χ1v) is 6.47. The van der Waals surface area contributed by atoms with Crippen LogP contribution in [0.15, 0.2) is 11.1 Å². The van der Waals surface area contributed by atoms with Crippen molar-refractivity contribution in [1.29, 1.82) is 0 Å². The van der Waals surface area contributed by atoms with Gasteiger partial charge in [0.25, 0.3) is 0 Å². The molecule has 0 bridgehead atoms. The average Bonchev–Trinajstić information content (AvgIpc) is 2.20. The monoisotopic (exact) mass is 226 g/mol. The zero-order chi connectivity index (χ0) is 12.6. The SMILES string of the molecule is CCCCC(CC(C)C)=C(CCC)C(=O)O. The number of allylic oxidation sites excluding steroid dienone is 1. The molecule has 0 heterocycles. The van der Waals surface area contributed by atoms with Crippen LogP contribution >= 0.6 is 0 Å². The van der Waals surface area contributed by atoms with Crippen LogP contribution in [0.2, 0.25) is 0 Å². The second-order valence-electron chi connectivity index (χ2n) is 4.84. The Labute approximate surface area is 99.7 Å². The lowest BCUT2D eigenvalue weighted by Crippen LogP contribution is -2.07. The molecule has 1 N–H and O–H groups in total. The smallest absolute Gasteiger partial charge is 0.331 e. The molecule has 0 aromatic rings. The van der Waals surface area contributed by atoms with Gasteiger partial charge in [0.05, 0.1) is 0 Å². The molecule has 0 fully saturated rings. The fourth-order valence-electron chi connectivity index (χ4n) is 1.94. The van der Waals surface area contributed by atoms with E-state index in [0.29, 0.717) is 17.9 Å². The number of carboxylic acid groups (broad SMARTS) is 1. The van der Waals surface area contributed by atoms with Crippen LogP contribution < -0.4 is 0 Å². The van der Waals surface area contributed by atoms with Gasteiger partial charge in [0, 0.05) is 5.57 Å². The molecule has 0 atom stereocenters. The predicted molar refractivity (Wildman–Crippen MR) is 68.5 cm³/mol. The number of hydrogen-bond acceptors (Lipinski definition) is 1. The Morgan fingerprint density at radius 3 is 2.12 bits per heavy atom. The number of unbranched alkanes of at least 4 members (excludes halogenated alkanes) is 1. The average molecular weight is 226 g/mol. The molecule has 94 valence electrons. The van der Waals surface area contributed by atoms with E-state index in [-0.39, 0.29) is 0 Å². The standard InChI is InChI=1S/C14H26O2/c1-5-7-9-12(10-11(3)4)13(8-6-2)14(15)16/h11H,5-10H2,1-4H3,(H,15,16). The van der Waals surface area contributed by atoms with Gasteiger partial charge in [-0.15, -0.1) is 0 Å². The van der Waals surface area contributed by atoms with Crippen LogP contribution in [0, 0.1) is 5.92 Å². The summed E-state index contributed by atoms with van der Waals surface area (Å²) in [5.41, 5.74) is 1.84. The molecule has 0 amide bonds. The summed E-state index contributed by atoms with van der Waals surface area (Å²) in [5.74, 6) is -0.174. The lowest BCUT2D eigenvalue weighted by Gasteiger charge is -2.14. The fourth-order valence-corrected chi connectivity index (χ4v) is 1.94. The molecular weight excluding hydrogens is 200 g/mol. The molecule has 2 heteroatoms. The molecule has 0 unspecified atom stereocenters. The maximum absolute atomic E-state index is 11.2. The van der Waals surface area contributed by atoms with E-state index in [0.717, 1.165) is 32.1 Å².